The SMILES string of the molecule is O=C(O)Cn1c(=O)n(-c2ccccc2C(=O)O)c(=O)c2ccccc21. The number of hydrogen-bond donors (Lipinski definition) is 2. The van der Waals surface area contributed by atoms with Crippen molar-refractivity contribution in [1.82, 2.24) is 9.13 Å². The van der Waals surface area contributed by atoms with E-state index in [1.807, 2.05) is 0 Å². The van der Waals surface area contributed by atoms with Crippen molar-refractivity contribution in [3.63, 3.8) is 0 Å². The van der Waals surface area contributed by atoms with Crippen LogP contribution in [0.1, 0.15) is 10.4 Å². The van der Waals surface area contributed by atoms with Crippen LogP contribution in [0.3, 0.4) is 0 Å². The van der Waals surface area contributed by atoms with E-state index in [0.29, 0.717) is 4.57 Å². The summed E-state index contributed by atoms with van der Waals surface area (Å²) in [5, 5.41) is 18.5. The van der Waals surface area contributed by atoms with E-state index in [1.54, 1.807) is 12.1 Å². The van der Waals surface area contributed by atoms with Gasteiger partial charge < -0.3 is 10.2 Å². The third-order valence-corrected chi connectivity index (χ3v) is 3.72. The van der Waals surface area contributed by atoms with Crippen LogP contribution in [0.5, 0.6) is 0 Å². The van der Waals surface area contributed by atoms with Crippen LogP contribution in [-0.4, -0.2) is 31.3 Å². The van der Waals surface area contributed by atoms with E-state index in [0.717, 1.165) is 4.57 Å². The number of carbonyl (C=O) groups is 2. The molecule has 0 fully saturated rings. The summed E-state index contributed by atoms with van der Waals surface area (Å²) in [6.45, 7) is -0.658. The van der Waals surface area contributed by atoms with Crippen molar-refractivity contribution >= 4 is 22.8 Å². The Kier molecular flexibility index (Phi) is 3.94. The minimum absolute atomic E-state index is 0.114. The number of carboxylic acids is 2. The van der Waals surface area contributed by atoms with Crippen LogP contribution < -0.4 is 11.2 Å². The van der Waals surface area contributed by atoms with Crippen LogP contribution in [-0.2, 0) is 11.3 Å². The fourth-order valence-corrected chi connectivity index (χ4v) is 2.67. The van der Waals surface area contributed by atoms with Gasteiger partial charge in [0.25, 0.3) is 5.56 Å². The Morgan fingerprint density at radius 1 is 0.920 bits per heavy atom. The first kappa shape index (κ1) is 16.2. The molecule has 0 spiro atoms. The van der Waals surface area contributed by atoms with Crippen LogP contribution in [0, 0.1) is 0 Å². The number of aliphatic carboxylic acids is 1. The molecule has 3 rings (SSSR count). The summed E-state index contributed by atoms with van der Waals surface area (Å²) in [5.41, 5.74) is -1.81. The summed E-state index contributed by atoms with van der Waals surface area (Å²) in [5.74, 6) is -2.57. The average Bonchev–Trinajstić information content (AvgIpc) is 2.59. The lowest BCUT2D eigenvalue weighted by atomic mass is 10.1. The van der Waals surface area contributed by atoms with Gasteiger partial charge in [-0.3, -0.25) is 14.2 Å². The third kappa shape index (κ3) is 2.69. The molecule has 8 heteroatoms. The van der Waals surface area contributed by atoms with Crippen LogP contribution in [0.2, 0.25) is 0 Å². The van der Waals surface area contributed by atoms with Gasteiger partial charge >= 0.3 is 17.6 Å². The minimum atomic E-state index is -1.31. The second kappa shape index (κ2) is 6.08. The van der Waals surface area contributed by atoms with Gasteiger partial charge in [0.05, 0.1) is 22.2 Å². The first-order valence-corrected chi connectivity index (χ1v) is 7.21. The maximum absolute atomic E-state index is 12.8. The minimum Gasteiger partial charge on any atom is -0.480 e. The first-order valence-electron chi connectivity index (χ1n) is 7.21. The van der Waals surface area contributed by atoms with Gasteiger partial charge in [-0.05, 0) is 24.3 Å². The number of aromatic carboxylic acids is 1. The molecule has 1 heterocycles. The Morgan fingerprint density at radius 3 is 2.24 bits per heavy atom. The number of hydrogen-bond acceptors (Lipinski definition) is 4. The number of benzene rings is 2. The molecule has 0 unspecified atom stereocenters. The Balaban J connectivity index is 2.49. The lowest BCUT2D eigenvalue weighted by Gasteiger charge is -2.14. The molecule has 0 aliphatic carbocycles. The summed E-state index contributed by atoms with van der Waals surface area (Å²) < 4.78 is 1.62. The summed E-state index contributed by atoms with van der Waals surface area (Å²) >= 11 is 0. The number of aromatic nitrogens is 2. The molecule has 0 amide bonds. The third-order valence-electron chi connectivity index (χ3n) is 3.72. The number of nitrogens with zero attached hydrogens (tertiary/aromatic N) is 2. The second-order valence-electron chi connectivity index (χ2n) is 5.24. The van der Waals surface area contributed by atoms with Gasteiger partial charge in [0.1, 0.15) is 6.54 Å². The fourth-order valence-electron chi connectivity index (χ4n) is 2.67. The number of rotatable bonds is 4. The molecule has 25 heavy (non-hydrogen) atoms. The van der Waals surface area contributed by atoms with E-state index in [4.69, 9.17) is 5.11 Å². The van der Waals surface area contributed by atoms with Crippen LogP contribution >= 0.6 is 0 Å². The quantitative estimate of drug-likeness (QED) is 0.729. The monoisotopic (exact) mass is 340 g/mol. The van der Waals surface area contributed by atoms with Crippen molar-refractivity contribution < 1.29 is 19.8 Å². The number of carboxylic acid groups (broad SMARTS) is 2. The van der Waals surface area contributed by atoms with Crippen LogP contribution in [0.25, 0.3) is 16.6 Å². The normalized spacial score (nSPS) is 10.7. The molecule has 0 bridgehead atoms. The summed E-state index contributed by atoms with van der Waals surface area (Å²) in [7, 11) is 0. The van der Waals surface area contributed by atoms with Crippen LogP contribution in [0.15, 0.2) is 58.1 Å². The zero-order chi connectivity index (χ0) is 18.1. The Bertz CT molecular complexity index is 1130. The lowest BCUT2D eigenvalue weighted by molar-refractivity contribution is -0.137. The first-order chi connectivity index (χ1) is 11.9. The van der Waals surface area contributed by atoms with Crippen molar-refractivity contribution in [3.8, 4) is 5.69 Å². The molecule has 0 aliphatic heterocycles. The number of fused-ring (bicyclic) bond motifs is 1. The van der Waals surface area contributed by atoms with Crippen molar-refractivity contribution in [2.75, 3.05) is 0 Å². The largest absolute Gasteiger partial charge is 0.480 e. The highest BCUT2D eigenvalue weighted by molar-refractivity contribution is 5.92. The van der Waals surface area contributed by atoms with Gasteiger partial charge in [0.15, 0.2) is 0 Å². The van der Waals surface area contributed by atoms with E-state index in [9.17, 15) is 24.3 Å². The molecule has 2 aromatic carbocycles. The van der Waals surface area contributed by atoms with Gasteiger partial charge in [0, 0.05) is 0 Å². The maximum Gasteiger partial charge on any atom is 0.337 e. The predicted octanol–water partition coefficient (Wildman–Crippen LogP) is 0.935. The Hall–Kier alpha value is -3.68. The van der Waals surface area contributed by atoms with Gasteiger partial charge in [-0.15, -0.1) is 0 Å². The van der Waals surface area contributed by atoms with E-state index in [-0.39, 0.29) is 22.2 Å². The summed E-state index contributed by atoms with van der Waals surface area (Å²) in [4.78, 5) is 48.1. The molecule has 0 atom stereocenters. The lowest BCUT2D eigenvalue weighted by Crippen LogP contribution is -2.40. The van der Waals surface area contributed by atoms with E-state index in [2.05, 4.69) is 0 Å². The molecule has 1 aromatic heterocycles. The standard InChI is InChI=1S/C17H12N2O6/c20-14(21)9-18-12-7-3-1-5-10(12)15(22)19(17(18)25)13-8-4-2-6-11(13)16(23)24/h1-8H,9H2,(H,20,21)(H,23,24). The fraction of sp³-hybridized carbons (Fsp3) is 0.0588. The van der Waals surface area contributed by atoms with Crippen molar-refractivity contribution in [1.29, 1.82) is 0 Å². The topological polar surface area (TPSA) is 119 Å². The molecule has 0 aliphatic rings. The molecule has 126 valence electrons. The number of para-hydroxylation sites is 2. The van der Waals surface area contributed by atoms with Gasteiger partial charge in [-0.1, -0.05) is 24.3 Å². The van der Waals surface area contributed by atoms with Crippen LogP contribution in [0.4, 0.5) is 0 Å². The highest BCUT2D eigenvalue weighted by atomic mass is 16.4. The van der Waals surface area contributed by atoms with Crippen molar-refractivity contribution in [3.05, 3.63) is 74.9 Å². The highest BCUT2D eigenvalue weighted by Crippen LogP contribution is 2.14. The molecule has 8 nitrogen and oxygen atoms in total. The zero-order valence-electron chi connectivity index (χ0n) is 12.7. The Morgan fingerprint density at radius 2 is 1.56 bits per heavy atom. The zero-order valence-corrected chi connectivity index (χ0v) is 12.7. The van der Waals surface area contributed by atoms with Crippen molar-refractivity contribution in [2.45, 2.75) is 6.54 Å². The average molecular weight is 340 g/mol. The molecule has 0 saturated carbocycles. The molecular weight excluding hydrogens is 328 g/mol. The van der Waals surface area contributed by atoms with Crippen molar-refractivity contribution in [2.24, 2.45) is 0 Å². The van der Waals surface area contributed by atoms with E-state index in [1.165, 1.54) is 36.4 Å². The molecular formula is C17H12N2O6. The highest BCUT2D eigenvalue weighted by Gasteiger charge is 2.19. The maximum atomic E-state index is 12.8. The molecule has 2 N–H and O–H groups in total. The van der Waals surface area contributed by atoms with E-state index < -0.39 is 29.7 Å². The predicted molar refractivity (Wildman–Crippen MR) is 88.4 cm³/mol. The second-order valence-corrected chi connectivity index (χ2v) is 5.24. The van der Waals surface area contributed by atoms with Gasteiger partial charge in [0.2, 0.25) is 0 Å². The Labute approximate surface area is 139 Å². The summed E-state index contributed by atoms with van der Waals surface area (Å²) in [6, 6.07) is 11.6. The van der Waals surface area contributed by atoms with Gasteiger partial charge in [-0.25, -0.2) is 14.2 Å². The summed E-state index contributed by atoms with van der Waals surface area (Å²) in [6.07, 6.45) is 0. The van der Waals surface area contributed by atoms with E-state index >= 15 is 0 Å². The molecule has 3 aromatic rings. The molecule has 0 saturated heterocycles. The molecule has 0 radical (unpaired) electrons. The smallest absolute Gasteiger partial charge is 0.337 e. The van der Waals surface area contributed by atoms with Gasteiger partial charge in [-0.2, -0.15) is 0 Å².